The maximum Gasteiger partial charge on any atom is 0.328 e. The second kappa shape index (κ2) is 8.25. The maximum absolute atomic E-state index is 12.2. The highest BCUT2D eigenvalue weighted by Crippen LogP contribution is 2.10. The summed E-state index contributed by atoms with van der Waals surface area (Å²) in [6.07, 6.45) is 1.04. The number of morpholine rings is 1. The van der Waals surface area contributed by atoms with Gasteiger partial charge in [0.25, 0.3) is 0 Å². The molecule has 1 heterocycles. The maximum atomic E-state index is 12.2. The normalized spacial score (nSPS) is 18.3. The standard InChI is InChI=1S/C16H21NO6S/c18-15(17-8-9-23-11-14(17)16(19)20)12-24(21,22)10-4-7-13-5-2-1-3-6-13/h1-3,5-6,14H,4,7-12H2,(H,19,20). The molecule has 2 rings (SSSR count). The van der Waals surface area contributed by atoms with E-state index in [1.54, 1.807) is 0 Å². The fourth-order valence-electron chi connectivity index (χ4n) is 2.59. The van der Waals surface area contributed by atoms with Crippen LogP contribution in [0.5, 0.6) is 0 Å². The minimum Gasteiger partial charge on any atom is -0.480 e. The molecule has 24 heavy (non-hydrogen) atoms. The Hall–Kier alpha value is -1.93. The lowest BCUT2D eigenvalue weighted by molar-refractivity contribution is -0.157. The van der Waals surface area contributed by atoms with Crippen LogP contribution in [0.1, 0.15) is 12.0 Å². The van der Waals surface area contributed by atoms with E-state index in [2.05, 4.69) is 0 Å². The topological polar surface area (TPSA) is 101 Å². The van der Waals surface area contributed by atoms with Gasteiger partial charge in [0, 0.05) is 6.54 Å². The Labute approximate surface area is 141 Å². The fourth-order valence-corrected chi connectivity index (χ4v) is 3.86. The monoisotopic (exact) mass is 355 g/mol. The molecule has 1 aromatic carbocycles. The molecule has 1 aliphatic heterocycles. The van der Waals surface area contributed by atoms with Crippen LogP contribution < -0.4 is 0 Å². The lowest BCUT2D eigenvalue weighted by atomic mass is 10.1. The fraction of sp³-hybridized carbons (Fsp3) is 0.500. The molecule has 8 heteroatoms. The van der Waals surface area contributed by atoms with Gasteiger partial charge in [0.15, 0.2) is 15.9 Å². The zero-order valence-corrected chi connectivity index (χ0v) is 14.1. The molecule has 1 N–H and O–H groups in total. The number of nitrogens with zero attached hydrogens (tertiary/aromatic N) is 1. The van der Waals surface area contributed by atoms with Gasteiger partial charge in [0.05, 0.1) is 19.0 Å². The van der Waals surface area contributed by atoms with Crippen LogP contribution in [0.15, 0.2) is 30.3 Å². The van der Waals surface area contributed by atoms with E-state index in [9.17, 15) is 18.0 Å². The zero-order chi connectivity index (χ0) is 17.6. The molecule has 0 spiro atoms. The summed E-state index contributed by atoms with van der Waals surface area (Å²) in [5.74, 6) is -2.63. The summed E-state index contributed by atoms with van der Waals surface area (Å²) in [6.45, 7) is 0.189. The number of amides is 1. The van der Waals surface area contributed by atoms with Gasteiger partial charge < -0.3 is 14.7 Å². The summed E-state index contributed by atoms with van der Waals surface area (Å²) < 4.78 is 29.3. The second-order valence-electron chi connectivity index (χ2n) is 5.70. The Bertz CT molecular complexity index is 673. The molecule has 1 fully saturated rings. The van der Waals surface area contributed by atoms with Crippen LogP contribution in [0.4, 0.5) is 0 Å². The summed E-state index contributed by atoms with van der Waals surface area (Å²) in [5, 5.41) is 9.10. The molecule has 1 saturated heterocycles. The average molecular weight is 355 g/mol. The highest BCUT2D eigenvalue weighted by molar-refractivity contribution is 7.92. The molecule has 0 aromatic heterocycles. The molecule has 0 aliphatic carbocycles. The van der Waals surface area contributed by atoms with Gasteiger partial charge in [-0.05, 0) is 18.4 Å². The summed E-state index contributed by atoms with van der Waals surface area (Å²) in [4.78, 5) is 24.4. The van der Waals surface area contributed by atoms with E-state index < -0.39 is 33.5 Å². The Morgan fingerprint density at radius 3 is 2.62 bits per heavy atom. The molecule has 0 saturated carbocycles. The number of carboxylic acid groups (broad SMARTS) is 1. The predicted octanol–water partition coefficient (Wildman–Crippen LogP) is 0.346. The van der Waals surface area contributed by atoms with Crippen molar-refractivity contribution in [3.8, 4) is 0 Å². The highest BCUT2D eigenvalue weighted by Gasteiger charge is 2.34. The number of carboxylic acids is 1. The quantitative estimate of drug-likeness (QED) is 0.757. The minimum absolute atomic E-state index is 0.0926. The third-order valence-corrected chi connectivity index (χ3v) is 5.44. The van der Waals surface area contributed by atoms with Crippen molar-refractivity contribution in [2.45, 2.75) is 18.9 Å². The van der Waals surface area contributed by atoms with Crippen molar-refractivity contribution in [1.82, 2.24) is 4.90 Å². The van der Waals surface area contributed by atoms with Crippen molar-refractivity contribution < 1.29 is 27.9 Å². The molecule has 1 unspecified atom stereocenters. The first-order valence-electron chi connectivity index (χ1n) is 7.73. The number of hydrogen-bond acceptors (Lipinski definition) is 5. The van der Waals surface area contributed by atoms with Gasteiger partial charge in [-0.2, -0.15) is 0 Å². The number of carbonyl (C=O) groups is 2. The molecule has 1 atom stereocenters. The number of benzene rings is 1. The van der Waals surface area contributed by atoms with Gasteiger partial charge in [0.2, 0.25) is 5.91 Å². The van der Waals surface area contributed by atoms with Crippen molar-refractivity contribution in [2.75, 3.05) is 31.3 Å². The Kier molecular flexibility index (Phi) is 6.33. The van der Waals surface area contributed by atoms with E-state index in [0.717, 1.165) is 10.5 Å². The van der Waals surface area contributed by atoms with E-state index >= 15 is 0 Å². The SMILES string of the molecule is O=C(O)C1COCCN1C(=O)CS(=O)(=O)CCCc1ccccc1. The van der Waals surface area contributed by atoms with E-state index in [1.165, 1.54) is 0 Å². The number of hydrogen-bond donors (Lipinski definition) is 1. The van der Waals surface area contributed by atoms with Gasteiger partial charge in [-0.1, -0.05) is 30.3 Å². The number of sulfone groups is 1. The zero-order valence-electron chi connectivity index (χ0n) is 13.3. The van der Waals surface area contributed by atoms with Crippen molar-refractivity contribution >= 4 is 21.7 Å². The van der Waals surface area contributed by atoms with Crippen LogP contribution in [0, 0.1) is 0 Å². The Morgan fingerprint density at radius 2 is 1.96 bits per heavy atom. The average Bonchev–Trinajstić information content (AvgIpc) is 2.55. The number of aliphatic carboxylic acids is 1. The van der Waals surface area contributed by atoms with Crippen LogP contribution in [-0.4, -0.2) is 67.6 Å². The van der Waals surface area contributed by atoms with Gasteiger partial charge >= 0.3 is 5.97 Å². The number of rotatable bonds is 7. The first kappa shape index (κ1) is 18.4. The third kappa shape index (κ3) is 5.31. The smallest absolute Gasteiger partial charge is 0.328 e. The van der Waals surface area contributed by atoms with E-state index in [0.29, 0.717) is 12.8 Å². The van der Waals surface area contributed by atoms with Gasteiger partial charge in [-0.25, -0.2) is 13.2 Å². The molecule has 0 bridgehead atoms. The molecule has 132 valence electrons. The second-order valence-corrected chi connectivity index (χ2v) is 7.88. The van der Waals surface area contributed by atoms with Crippen LogP contribution in [0.25, 0.3) is 0 Å². The molecular weight excluding hydrogens is 334 g/mol. The summed E-state index contributed by atoms with van der Waals surface area (Å²) in [5.41, 5.74) is 1.04. The number of aryl methyl sites for hydroxylation is 1. The minimum atomic E-state index is -3.57. The summed E-state index contributed by atoms with van der Waals surface area (Å²) >= 11 is 0. The highest BCUT2D eigenvalue weighted by atomic mass is 32.2. The number of carbonyl (C=O) groups excluding carboxylic acids is 1. The Balaban J connectivity index is 1.88. The third-order valence-electron chi connectivity index (χ3n) is 3.84. The van der Waals surface area contributed by atoms with E-state index in [1.807, 2.05) is 30.3 Å². The molecule has 1 amide bonds. The summed E-state index contributed by atoms with van der Waals surface area (Å²) in [6, 6.07) is 8.38. The van der Waals surface area contributed by atoms with Crippen LogP contribution in [0.3, 0.4) is 0 Å². The summed E-state index contributed by atoms with van der Waals surface area (Å²) in [7, 11) is -3.57. The van der Waals surface area contributed by atoms with Gasteiger partial charge in [-0.15, -0.1) is 0 Å². The van der Waals surface area contributed by atoms with Crippen LogP contribution >= 0.6 is 0 Å². The lowest BCUT2D eigenvalue weighted by Gasteiger charge is -2.32. The molecule has 0 radical (unpaired) electrons. The van der Waals surface area contributed by atoms with Gasteiger partial charge in [0.1, 0.15) is 5.75 Å². The molecule has 7 nitrogen and oxygen atoms in total. The lowest BCUT2D eigenvalue weighted by Crippen LogP contribution is -2.54. The Morgan fingerprint density at radius 1 is 1.25 bits per heavy atom. The van der Waals surface area contributed by atoms with Crippen molar-refractivity contribution in [2.24, 2.45) is 0 Å². The van der Waals surface area contributed by atoms with Crippen molar-refractivity contribution in [1.29, 1.82) is 0 Å². The molecule has 1 aliphatic rings. The van der Waals surface area contributed by atoms with E-state index in [-0.39, 0.29) is 25.5 Å². The van der Waals surface area contributed by atoms with Crippen molar-refractivity contribution in [3.63, 3.8) is 0 Å². The first-order chi connectivity index (χ1) is 11.4. The predicted molar refractivity (Wildman–Crippen MR) is 87.4 cm³/mol. The molecule has 1 aromatic rings. The molecular formula is C16H21NO6S. The number of ether oxygens (including phenoxy) is 1. The first-order valence-corrected chi connectivity index (χ1v) is 9.55. The van der Waals surface area contributed by atoms with Gasteiger partial charge in [-0.3, -0.25) is 4.79 Å². The van der Waals surface area contributed by atoms with Crippen LogP contribution in [0.2, 0.25) is 0 Å². The van der Waals surface area contributed by atoms with E-state index in [4.69, 9.17) is 9.84 Å². The van der Waals surface area contributed by atoms with Crippen LogP contribution in [-0.2, 0) is 30.6 Å². The largest absolute Gasteiger partial charge is 0.480 e. The van der Waals surface area contributed by atoms with Crippen molar-refractivity contribution in [3.05, 3.63) is 35.9 Å².